The van der Waals surface area contributed by atoms with Crippen LogP contribution in [0, 0.1) is 5.92 Å². The summed E-state index contributed by atoms with van der Waals surface area (Å²) in [5.74, 6) is 0.614. The van der Waals surface area contributed by atoms with E-state index in [1.54, 1.807) is 0 Å². The zero-order valence-corrected chi connectivity index (χ0v) is 11.4. The van der Waals surface area contributed by atoms with Gasteiger partial charge in [-0.25, -0.2) is 0 Å². The van der Waals surface area contributed by atoms with Gasteiger partial charge in [-0.15, -0.1) is 0 Å². The van der Waals surface area contributed by atoms with E-state index in [0.29, 0.717) is 24.7 Å². The van der Waals surface area contributed by atoms with Crippen molar-refractivity contribution in [2.24, 2.45) is 5.92 Å². The highest BCUT2D eigenvalue weighted by molar-refractivity contribution is 5.02. The van der Waals surface area contributed by atoms with Crippen LogP contribution >= 0.6 is 0 Å². The van der Waals surface area contributed by atoms with Gasteiger partial charge in [-0.3, -0.25) is 0 Å². The molecular formula is C15H27NO2. The molecule has 2 unspecified atom stereocenters. The molecule has 3 aliphatic rings. The molecule has 0 saturated heterocycles. The smallest absolute Gasteiger partial charge is 0.0616 e. The molecule has 2 N–H and O–H groups in total. The van der Waals surface area contributed by atoms with Crippen LogP contribution in [-0.4, -0.2) is 36.0 Å². The SMILES string of the molecule is OCC1(NC2CC2)CCCC1CCOC1CCC1. The van der Waals surface area contributed by atoms with Crippen molar-refractivity contribution in [3.05, 3.63) is 0 Å². The molecule has 3 aliphatic carbocycles. The second-order valence-corrected chi connectivity index (χ2v) is 6.53. The number of hydrogen-bond donors (Lipinski definition) is 2. The first kappa shape index (κ1) is 12.9. The van der Waals surface area contributed by atoms with Crippen LogP contribution in [0.2, 0.25) is 0 Å². The van der Waals surface area contributed by atoms with Crippen LogP contribution in [-0.2, 0) is 4.74 Å². The Morgan fingerprint density at radius 3 is 2.56 bits per heavy atom. The molecule has 3 saturated carbocycles. The summed E-state index contributed by atoms with van der Waals surface area (Å²) in [5, 5.41) is 13.6. The summed E-state index contributed by atoms with van der Waals surface area (Å²) in [4.78, 5) is 0. The zero-order valence-electron chi connectivity index (χ0n) is 11.4. The molecule has 0 bridgehead atoms. The average molecular weight is 253 g/mol. The van der Waals surface area contributed by atoms with Gasteiger partial charge in [-0.1, -0.05) is 6.42 Å². The molecule has 3 nitrogen and oxygen atoms in total. The van der Waals surface area contributed by atoms with Crippen molar-refractivity contribution in [1.29, 1.82) is 0 Å². The average Bonchev–Trinajstić information content (AvgIpc) is 3.03. The molecule has 3 rings (SSSR count). The van der Waals surface area contributed by atoms with Crippen LogP contribution in [0.4, 0.5) is 0 Å². The Bertz CT molecular complexity index is 276. The summed E-state index contributed by atoms with van der Waals surface area (Å²) in [6, 6.07) is 0.685. The summed E-state index contributed by atoms with van der Waals surface area (Å²) in [5.41, 5.74) is 0.0180. The fourth-order valence-corrected chi connectivity index (χ4v) is 3.56. The fourth-order valence-electron chi connectivity index (χ4n) is 3.56. The zero-order chi connectivity index (χ0) is 12.4. The molecule has 3 fully saturated rings. The minimum atomic E-state index is 0.0180. The Morgan fingerprint density at radius 1 is 1.11 bits per heavy atom. The first-order valence-corrected chi connectivity index (χ1v) is 7.82. The minimum Gasteiger partial charge on any atom is -0.394 e. The molecule has 0 aromatic heterocycles. The third-order valence-electron chi connectivity index (χ3n) is 5.18. The molecule has 0 aromatic rings. The summed E-state index contributed by atoms with van der Waals surface area (Å²) in [7, 11) is 0. The maximum absolute atomic E-state index is 9.83. The number of aliphatic hydroxyl groups is 1. The van der Waals surface area contributed by atoms with Crippen LogP contribution in [0.5, 0.6) is 0 Å². The fraction of sp³-hybridized carbons (Fsp3) is 1.00. The number of ether oxygens (including phenoxy) is 1. The van der Waals surface area contributed by atoms with Crippen molar-refractivity contribution in [2.75, 3.05) is 13.2 Å². The van der Waals surface area contributed by atoms with Gasteiger partial charge in [-0.2, -0.15) is 0 Å². The van der Waals surface area contributed by atoms with Gasteiger partial charge in [0.05, 0.1) is 12.7 Å². The Hall–Kier alpha value is -0.120. The second-order valence-electron chi connectivity index (χ2n) is 6.53. The van der Waals surface area contributed by atoms with Gasteiger partial charge < -0.3 is 15.2 Å². The van der Waals surface area contributed by atoms with Gasteiger partial charge in [0.25, 0.3) is 0 Å². The Labute approximate surface area is 110 Å². The molecule has 3 heteroatoms. The van der Waals surface area contributed by atoms with Gasteiger partial charge in [0.1, 0.15) is 0 Å². The van der Waals surface area contributed by atoms with Crippen LogP contribution in [0.25, 0.3) is 0 Å². The van der Waals surface area contributed by atoms with Crippen LogP contribution in [0.1, 0.15) is 57.8 Å². The lowest BCUT2D eigenvalue weighted by Crippen LogP contribution is -2.52. The van der Waals surface area contributed by atoms with E-state index in [1.165, 1.54) is 44.9 Å². The predicted octanol–water partition coefficient (Wildman–Crippen LogP) is 2.23. The molecule has 0 aliphatic heterocycles. The lowest BCUT2D eigenvalue weighted by Gasteiger charge is -2.36. The highest BCUT2D eigenvalue weighted by atomic mass is 16.5. The minimum absolute atomic E-state index is 0.0180. The highest BCUT2D eigenvalue weighted by Gasteiger charge is 2.44. The Morgan fingerprint density at radius 2 is 1.94 bits per heavy atom. The molecule has 18 heavy (non-hydrogen) atoms. The molecule has 0 aromatic carbocycles. The van der Waals surface area contributed by atoms with Crippen LogP contribution in [0.15, 0.2) is 0 Å². The highest BCUT2D eigenvalue weighted by Crippen LogP contribution is 2.40. The van der Waals surface area contributed by atoms with E-state index in [9.17, 15) is 5.11 Å². The molecule has 0 heterocycles. The standard InChI is InChI=1S/C15H27NO2/c17-11-15(16-13-6-7-13)9-2-3-12(15)8-10-18-14-4-1-5-14/h12-14,16-17H,1-11H2. The summed E-state index contributed by atoms with van der Waals surface area (Å²) >= 11 is 0. The van der Waals surface area contributed by atoms with E-state index in [1.807, 2.05) is 0 Å². The van der Waals surface area contributed by atoms with E-state index in [0.717, 1.165) is 19.4 Å². The third-order valence-corrected chi connectivity index (χ3v) is 5.18. The topological polar surface area (TPSA) is 41.5 Å². The van der Waals surface area contributed by atoms with E-state index < -0.39 is 0 Å². The maximum Gasteiger partial charge on any atom is 0.0616 e. The van der Waals surface area contributed by atoms with E-state index in [2.05, 4.69) is 5.32 Å². The third kappa shape index (κ3) is 2.73. The van der Waals surface area contributed by atoms with Crippen molar-refractivity contribution in [3.63, 3.8) is 0 Å². The molecule has 0 amide bonds. The van der Waals surface area contributed by atoms with E-state index in [4.69, 9.17) is 4.74 Å². The summed E-state index contributed by atoms with van der Waals surface area (Å²) in [6.45, 7) is 1.20. The van der Waals surface area contributed by atoms with Crippen molar-refractivity contribution < 1.29 is 9.84 Å². The Kier molecular flexibility index (Phi) is 3.92. The first-order chi connectivity index (χ1) is 8.82. The van der Waals surface area contributed by atoms with Crippen LogP contribution in [0.3, 0.4) is 0 Å². The normalized spacial score (nSPS) is 36.8. The summed E-state index contributed by atoms with van der Waals surface area (Å²) in [6.07, 6.45) is 11.8. The molecule has 2 atom stereocenters. The van der Waals surface area contributed by atoms with Gasteiger partial charge >= 0.3 is 0 Å². The monoisotopic (exact) mass is 253 g/mol. The van der Waals surface area contributed by atoms with Gasteiger partial charge in [0, 0.05) is 18.2 Å². The van der Waals surface area contributed by atoms with Crippen LogP contribution < -0.4 is 5.32 Å². The molecule has 104 valence electrons. The quantitative estimate of drug-likeness (QED) is 0.731. The van der Waals surface area contributed by atoms with E-state index >= 15 is 0 Å². The molecule has 0 spiro atoms. The Balaban J connectivity index is 1.48. The second kappa shape index (κ2) is 5.48. The number of aliphatic hydroxyl groups excluding tert-OH is 1. The van der Waals surface area contributed by atoms with Gasteiger partial charge in [-0.05, 0) is 57.3 Å². The summed E-state index contributed by atoms with van der Waals surface area (Å²) < 4.78 is 5.89. The van der Waals surface area contributed by atoms with Crippen molar-refractivity contribution in [3.8, 4) is 0 Å². The lowest BCUT2D eigenvalue weighted by atomic mass is 9.85. The predicted molar refractivity (Wildman–Crippen MR) is 71.5 cm³/mol. The largest absolute Gasteiger partial charge is 0.394 e. The maximum atomic E-state index is 9.83. The first-order valence-electron chi connectivity index (χ1n) is 7.82. The molecule has 0 radical (unpaired) electrons. The number of rotatable bonds is 7. The lowest BCUT2D eigenvalue weighted by molar-refractivity contribution is -0.0104. The van der Waals surface area contributed by atoms with Crippen molar-refractivity contribution in [2.45, 2.75) is 75.5 Å². The number of nitrogens with one attached hydrogen (secondary N) is 1. The van der Waals surface area contributed by atoms with Gasteiger partial charge in [0.2, 0.25) is 0 Å². The van der Waals surface area contributed by atoms with Crippen molar-refractivity contribution in [1.82, 2.24) is 5.32 Å². The van der Waals surface area contributed by atoms with E-state index in [-0.39, 0.29) is 5.54 Å². The van der Waals surface area contributed by atoms with Gasteiger partial charge in [0.15, 0.2) is 0 Å². The van der Waals surface area contributed by atoms with Crippen molar-refractivity contribution >= 4 is 0 Å². The number of hydrogen-bond acceptors (Lipinski definition) is 3. The molecular weight excluding hydrogens is 226 g/mol.